The quantitative estimate of drug-likeness (QED) is 0.836. The molecule has 1 aliphatic rings. The number of fused-ring (bicyclic) bond motifs is 1. The van der Waals surface area contributed by atoms with Crippen molar-refractivity contribution in [1.82, 2.24) is 4.90 Å². The molecular weight excluding hydrogens is 345 g/mol. The molecule has 2 atom stereocenters. The summed E-state index contributed by atoms with van der Waals surface area (Å²) in [6.07, 6.45) is 0.258. The summed E-state index contributed by atoms with van der Waals surface area (Å²) in [7, 11) is 3.82. The first-order valence-electron chi connectivity index (χ1n) is 9.27. The van der Waals surface area contributed by atoms with Gasteiger partial charge in [-0.2, -0.15) is 0 Å². The van der Waals surface area contributed by atoms with Gasteiger partial charge in [0.1, 0.15) is 35.6 Å². The summed E-state index contributed by atoms with van der Waals surface area (Å²) >= 11 is 0. The average Bonchev–Trinajstić information content (AvgIpc) is 2.58. The first-order chi connectivity index (χ1) is 12.7. The largest absolute Gasteiger partial charge is 0.491 e. The molecule has 1 N–H and O–H groups in total. The van der Waals surface area contributed by atoms with E-state index in [2.05, 4.69) is 13.8 Å². The van der Waals surface area contributed by atoms with E-state index in [0.29, 0.717) is 12.3 Å². The minimum absolute atomic E-state index is 0.137. The van der Waals surface area contributed by atoms with Gasteiger partial charge in [0.15, 0.2) is 0 Å². The van der Waals surface area contributed by atoms with E-state index in [4.69, 9.17) is 9.47 Å². The molecule has 1 aliphatic heterocycles. The van der Waals surface area contributed by atoms with E-state index in [-0.39, 0.29) is 23.9 Å². The molecule has 1 heterocycles. The lowest BCUT2D eigenvalue weighted by molar-refractivity contribution is 0.0735. The highest BCUT2D eigenvalue weighted by Crippen LogP contribution is 2.45. The summed E-state index contributed by atoms with van der Waals surface area (Å²) < 4.78 is 25.3. The second-order valence-corrected chi connectivity index (χ2v) is 8.10. The Morgan fingerprint density at radius 1 is 1.22 bits per heavy atom. The second-order valence-electron chi connectivity index (χ2n) is 8.10. The molecule has 0 saturated heterocycles. The van der Waals surface area contributed by atoms with Crippen molar-refractivity contribution >= 4 is 0 Å². The lowest BCUT2D eigenvalue weighted by Crippen LogP contribution is -2.35. The Morgan fingerprint density at radius 3 is 2.59 bits per heavy atom. The third-order valence-corrected chi connectivity index (χ3v) is 4.73. The number of nitrogens with zero attached hydrogens (tertiary/aromatic N) is 1. The van der Waals surface area contributed by atoms with Crippen LogP contribution in [-0.4, -0.2) is 49.0 Å². The standard InChI is InChI=1S/C22H28FNO3/c1-22(2)12-20(15-5-7-16(23)8-6-15)19-10-9-18(11-21(19)27-22)26-14-17(25)13-24(3)4/h5-11,17,20,25H,12-14H2,1-4H3. The number of ether oxygens (including phenoxy) is 2. The van der Waals surface area contributed by atoms with Crippen LogP contribution >= 0.6 is 0 Å². The van der Waals surface area contributed by atoms with Gasteiger partial charge >= 0.3 is 0 Å². The fourth-order valence-corrected chi connectivity index (χ4v) is 3.58. The van der Waals surface area contributed by atoms with Crippen LogP contribution in [0.4, 0.5) is 4.39 Å². The van der Waals surface area contributed by atoms with Crippen LogP contribution in [0.1, 0.15) is 37.3 Å². The van der Waals surface area contributed by atoms with Gasteiger partial charge < -0.3 is 19.5 Å². The molecule has 3 rings (SSSR count). The first-order valence-corrected chi connectivity index (χ1v) is 9.27. The van der Waals surface area contributed by atoms with E-state index in [1.807, 2.05) is 49.3 Å². The van der Waals surface area contributed by atoms with Gasteiger partial charge in [0.05, 0.1) is 0 Å². The molecule has 2 unspecified atom stereocenters. The Morgan fingerprint density at radius 2 is 1.93 bits per heavy atom. The van der Waals surface area contributed by atoms with Crippen LogP contribution in [-0.2, 0) is 0 Å². The molecule has 0 saturated carbocycles. The number of likely N-dealkylation sites (N-methyl/N-ethyl adjacent to an activating group) is 1. The van der Waals surface area contributed by atoms with Gasteiger partial charge in [0, 0.05) is 24.1 Å². The van der Waals surface area contributed by atoms with Crippen LogP contribution in [0, 0.1) is 5.82 Å². The highest BCUT2D eigenvalue weighted by molar-refractivity contribution is 5.48. The highest BCUT2D eigenvalue weighted by Gasteiger charge is 2.34. The van der Waals surface area contributed by atoms with Crippen LogP contribution in [0.5, 0.6) is 11.5 Å². The lowest BCUT2D eigenvalue weighted by atomic mass is 9.80. The van der Waals surface area contributed by atoms with Crippen molar-refractivity contribution in [2.45, 2.75) is 37.9 Å². The van der Waals surface area contributed by atoms with E-state index in [9.17, 15) is 9.50 Å². The molecule has 146 valence electrons. The molecule has 2 aromatic rings. The molecule has 0 aromatic heterocycles. The number of rotatable bonds is 6. The third kappa shape index (κ3) is 4.99. The van der Waals surface area contributed by atoms with Gasteiger partial charge in [-0.3, -0.25) is 0 Å². The monoisotopic (exact) mass is 373 g/mol. The number of halogens is 1. The number of hydrogen-bond acceptors (Lipinski definition) is 4. The Hall–Kier alpha value is -2.11. The van der Waals surface area contributed by atoms with Gasteiger partial charge in [0.2, 0.25) is 0 Å². The van der Waals surface area contributed by atoms with Gasteiger partial charge in [-0.05, 0) is 58.1 Å². The molecular formula is C22H28FNO3. The second kappa shape index (κ2) is 7.87. The van der Waals surface area contributed by atoms with E-state index >= 15 is 0 Å². The molecule has 5 heteroatoms. The normalized spacial score (nSPS) is 19.3. The number of aliphatic hydroxyl groups excluding tert-OH is 1. The zero-order chi connectivity index (χ0) is 19.6. The molecule has 4 nitrogen and oxygen atoms in total. The Balaban J connectivity index is 1.82. The lowest BCUT2D eigenvalue weighted by Gasteiger charge is -2.38. The maximum absolute atomic E-state index is 13.3. The summed E-state index contributed by atoms with van der Waals surface area (Å²) in [6, 6.07) is 12.5. The number of benzene rings is 2. The summed E-state index contributed by atoms with van der Waals surface area (Å²) in [5, 5.41) is 9.99. The third-order valence-electron chi connectivity index (χ3n) is 4.73. The van der Waals surface area contributed by atoms with Crippen LogP contribution in [0.3, 0.4) is 0 Å². The van der Waals surface area contributed by atoms with Gasteiger partial charge in [-0.15, -0.1) is 0 Å². The molecule has 0 aliphatic carbocycles. The van der Waals surface area contributed by atoms with E-state index in [1.165, 1.54) is 12.1 Å². The van der Waals surface area contributed by atoms with E-state index in [1.54, 1.807) is 0 Å². The van der Waals surface area contributed by atoms with Gasteiger partial charge in [-0.1, -0.05) is 18.2 Å². The minimum Gasteiger partial charge on any atom is -0.491 e. The average molecular weight is 373 g/mol. The van der Waals surface area contributed by atoms with Crippen molar-refractivity contribution in [1.29, 1.82) is 0 Å². The molecule has 0 fully saturated rings. The topological polar surface area (TPSA) is 41.9 Å². The van der Waals surface area contributed by atoms with Crippen molar-refractivity contribution in [3.8, 4) is 11.5 Å². The van der Waals surface area contributed by atoms with Crippen molar-refractivity contribution in [2.75, 3.05) is 27.2 Å². The fourth-order valence-electron chi connectivity index (χ4n) is 3.58. The smallest absolute Gasteiger partial charge is 0.127 e. The van der Waals surface area contributed by atoms with Crippen LogP contribution in [0.15, 0.2) is 42.5 Å². The predicted octanol–water partition coefficient (Wildman–Crippen LogP) is 3.82. The Kier molecular flexibility index (Phi) is 5.72. The zero-order valence-corrected chi connectivity index (χ0v) is 16.4. The van der Waals surface area contributed by atoms with Gasteiger partial charge in [-0.25, -0.2) is 4.39 Å². The Labute approximate surface area is 160 Å². The van der Waals surface area contributed by atoms with E-state index < -0.39 is 6.10 Å². The van der Waals surface area contributed by atoms with Crippen LogP contribution in [0.2, 0.25) is 0 Å². The molecule has 0 spiro atoms. The van der Waals surface area contributed by atoms with Crippen molar-refractivity contribution in [3.05, 3.63) is 59.4 Å². The van der Waals surface area contributed by atoms with E-state index in [0.717, 1.165) is 23.3 Å². The molecule has 0 radical (unpaired) electrons. The van der Waals surface area contributed by atoms with Gasteiger partial charge in [0.25, 0.3) is 0 Å². The summed E-state index contributed by atoms with van der Waals surface area (Å²) in [5.41, 5.74) is 1.81. The zero-order valence-electron chi connectivity index (χ0n) is 16.4. The predicted molar refractivity (Wildman–Crippen MR) is 104 cm³/mol. The molecule has 2 aromatic carbocycles. The molecule has 0 amide bonds. The molecule has 0 bridgehead atoms. The Bertz CT molecular complexity index is 774. The highest BCUT2D eigenvalue weighted by atomic mass is 19.1. The summed E-state index contributed by atoms with van der Waals surface area (Å²) in [5.74, 6) is 1.35. The van der Waals surface area contributed by atoms with Crippen LogP contribution < -0.4 is 9.47 Å². The maximum Gasteiger partial charge on any atom is 0.127 e. The minimum atomic E-state index is -0.555. The summed E-state index contributed by atoms with van der Waals surface area (Å²) in [4.78, 5) is 1.92. The first kappa shape index (κ1) is 19.6. The van der Waals surface area contributed by atoms with Crippen LogP contribution in [0.25, 0.3) is 0 Å². The summed E-state index contributed by atoms with van der Waals surface area (Å²) in [6.45, 7) is 4.88. The fraction of sp³-hybridized carbons (Fsp3) is 0.455. The van der Waals surface area contributed by atoms with Crippen molar-refractivity contribution in [3.63, 3.8) is 0 Å². The SMILES string of the molecule is CN(C)CC(O)COc1ccc2c(c1)OC(C)(C)CC2c1ccc(F)cc1. The number of hydrogen-bond donors (Lipinski definition) is 1. The van der Waals surface area contributed by atoms with Crippen molar-refractivity contribution < 1.29 is 19.0 Å². The maximum atomic E-state index is 13.3. The molecule has 27 heavy (non-hydrogen) atoms. The van der Waals surface area contributed by atoms with Crippen molar-refractivity contribution in [2.24, 2.45) is 0 Å². The number of aliphatic hydroxyl groups is 1.